The Kier molecular flexibility index (Phi) is 1.90. The van der Waals surface area contributed by atoms with E-state index in [1.807, 2.05) is 6.07 Å². The molecular formula is C14H14N2. The van der Waals surface area contributed by atoms with Crippen LogP contribution in [0.1, 0.15) is 12.5 Å². The highest BCUT2D eigenvalue weighted by Gasteiger charge is 2.07. The van der Waals surface area contributed by atoms with E-state index in [-0.39, 0.29) is 0 Å². The molecule has 0 aliphatic carbocycles. The van der Waals surface area contributed by atoms with Gasteiger partial charge in [-0.05, 0) is 30.2 Å². The molecule has 1 aromatic heterocycles. The quantitative estimate of drug-likeness (QED) is 0.615. The van der Waals surface area contributed by atoms with E-state index in [1.165, 1.54) is 16.3 Å². The van der Waals surface area contributed by atoms with Crippen molar-refractivity contribution in [1.82, 2.24) is 4.68 Å². The van der Waals surface area contributed by atoms with E-state index in [9.17, 15) is 0 Å². The lowest BCUT2D eigenvalue weighted by Crippen LogP contribution is -2.06. The second-order valence-corrected chi connectivity index (χ2v) is 4.09. The zero-order chi connectivity index (χ0) is 11.1. The highest BCUT2D eigenvalue weighted by molar-refractivity contribution is 6.08. The van der Waals surface area contributed by atoms with Gasteiger partial charge in [-0.15, -0.1) is 0 Å². The molecule has 1 heterocycles. The van der Waals surface area contributed by atoms with E-state index < -0.39 is 0 Å². The number of aryl methyl sites for hydroxylation is 1. The van der Waals surface area contributed by atoms with E-state index in [2.05, 4.69) is 43.3 Å². The summed E-state index contributed by atoms with van der Waals surface area (Å²) in [7, 11) is 0. The number of benzene rings is 2. The second kappa shape index (κ2) is 3.27. The molecule has 0 fully saturated rings. The van der Waals surface area contributed by atoms with Crippen LogP contribution >= 0.6 is 0 Å². The van der Waals surface area contributed by atoms with Gasteiger partial charge < -0.3 is 5.84 Å². The number of nitrogens with zero attached hydrogens (tertiary/aromatic N) is 1. The van der Waals surface area contributed by atoms with Gasteiger partial charge in [0, 0.05) is 10.8 Å². The zero-order valence-corrected chi connectivity index (χ0v) is 9.27. The van der Waals surface area contributed by atoms with Crippen molar-refractivity contribution in [1.29, 1.82) is 0 Å². The molecule has 2 N–H and O–H groups in total. The van der Waals surface area contributed by atoms with Gasteiger partial charge in [-0.2, -0.15) is 0 Å². The summed E-state index contributed by atoms with van der Waals surface area (Å²) in [6.45, 7) is 2.17. The van der Waals surface area contributed by atoms with Crippen molar-refractivity contribution in [3.05, 3.63) is 48.0 Å². The van der Waals surface area contributed by atoms with Crippen LogP contribution in [0.5, 0.6) is 0 Å². The monoisotopic (exact) mass is 210 g/mol. The summed E-state index contributed by atoms with van der Waals surface area (Å²) in [6.07, 6.45) is 1.06. The van der Waals surface area contributed by atoms with Crippen molar-refractivity contribution < 1.29 is 0 Å². The first-order chi connectivity index (χ1) is 7.81. The summed E-state index contributed by atoms with van der Waals surface area (Å²) in [4.78, 5) is 0. The standard InChI is InChI=1S/C14H14N2/c1-2-10-7-8-14-12(9-10)11-5-3-4-6-13(11)16(14)15/h3-9H,2,15H2,1H3. The normalized spacial score (nSPS) is 11.3. The number of hydrogen-bond acceptors (Lipinski definition) is 1. The van der Waals surface area contributed by atoms with Crippen LogP contribution < -0.4 is 5.84 Å². The van der Waals surface area contributed by atoms with Crippen molar-refractivity contribution in [2.75, 3.05) is 5.84 Å². The van der Waals surface area contributed by atoms with Gasteiger partial charge in [0.05, 0.1) is 11.0 Å². The molecule has 0 aliphatic heterocycles. The van der Waals surface area contributed by atoms with Gasteiger partial charge >= 0.3 is 0 Å². The van der Waals surface area contributed by atoms with Gasteiger partial charge in [-0.25, -0.2) is 0 Å². The van der Waals surface area contributed by atoms with Crippen LogP contribution in [0.25, 0.3) is 21.8 Å². The molecule has 2 heteroatoms. The highest BCUT2D eigenvalue weighted by Crippen LogP contribution is 2.27. The predicted molar refractivity (Wildman–Crippen MR) is 69.0 cm³/mol. The first-order valence-electron chi connectivity index (χ1n) is 5.58. The fourth-order valence-electron chi connectivity index (χ4n) is 2.27. The largest absolute Gasteiger partial charge is 0.339 e. The Morgan fingerprint density at radius 2 is 1.75 bits per heavy atom. The molecule has 0 unspecified atom stereocenters. The maximum absolute atomic E-state index is 6.08. The highest BCUT2D eigenvalue weighted by atomic mass is 15.3. The average Bonchev–Trinajstić information content (AvgIpc) is 2.64. The third-order valence-corrected chi connectivity index (χ3v) is 3.18. The van der Waals surface area contributed by atoms with Crippen LogP contribution in [-0.4, -0.2) is 4.68 Å². The summed E-state index contributed by atoms with van der Waals surface area (Å²) in [5.41, 5.74) is 3.54. The maximum Gasteiger partial charge on any atom is 0.0703 e. The van der Waals surface area contributed by atoms with Gasteiger partial charge in [-0.1, -0.05) is 31.2 Å². The summed E-state index contributed by atoms with van der Waals surface area (Å²) >= 11 is 0. The SMILES string of the molecule is CCc1ccc2c(c1)c1ccccc1n2N. The molecule has 0 radical (unpaired) electrons. The van der Waals surface area contributed by atoms with Gasteiger partial charge in [-0.3, -0.25) is 4.68 Å². The van der Waals surface area contributed by atoms with Crippen molar-refractivity contribution >= 4 is 21.8 Å². The molecule has 80 valence electrons. The minimum Gasteiger partial charge on any atom is -0.339 e. The Hall–Kier alpha value is -1.96. The van der Waals surface area contributed by atoms with E-state index in [0.717, 1.165) is 17.5 Å². The van der Waals surface area contributed by atoms with Gasteiger partial charge in [0.25, 0.3) is 0 Å². The molecule has 0 saturated carbocycles. The number of hydrogen-bond donors (Lipinski definition) is 1. The van der Waals surface area contributed by atoms with E-state index in [1.54, 1.807) is 4.68 Å². The molecule has 2 nitrogen and oxygen atoms in total. The van der Waals surface area contributed by atoms with Crippen LogP contribution in [-0.2, 0) is 6.42 Å². The molecule has 2 aromatic carbocycles. The third kappa shape index (κ3) is 1.13. The third-order valence-electron chi connectivity index (χ3n) is 3.18. The number of nitrogen functional groups attached to an aromatic ring is 1. The van der Waals surface area contributed by atoms with Crippen molar-refractivity contribution in [2.45, 2.75) is 13.3 Å². The molecule has 3 rings (SSSR count). The van der Waals surface area contributed by atoms with Crippen molar-refractivity contribution in [3.8, 4) is 0 Å². The Morgan fingerprint density at radius 1 is 1.00 bits per heavy atom. The van der Waals surface area contributed by atoms with Crippen molar-refractivity contribution in [3.63, 3.8) is 0 Å². The molecule has 0 spiro atoms. The number of rotatable bonds is 1. The van der Waals surface area contributed by atoms with Gasteiger partial charge in [0.1, 0.15) is 0 Å². The lowest BCUT2D eigenvalue weighted by atomic mass is 10.1. The van der Waals surface area contributed by atoms with Gasteiger partial charge in [0.15, 0.2) is 0 Å². The van der Waals surface area contributed by atoms with Crippen LogP contribution in [0.2, 0.25) is 0 Å². The molecule has 0 aliphatic rings. The van der Waals surface area contributed by atoms with Crippen LogP contribution in [0.4, 0.5) is 0 Å². The molecule has 16 heavy (non-hydrogen) atoms. The number of nitrogens with two attached hydrogens (primary N) is 1. The summed E-state index contributed by atoms with van der Waals surface area (Å²) in [5, 5.41) is 2.48. The second-order valence-electron chi connectivity index (χ2n) is 4.09. The van der Waals surface area contributed by atoms with Crippen molar-refractivity contribution in [2.24, 2.45) is 0 Å². The minimum absolute atomic E-state index is 1.06. The molecule has 3 aromatic rings. The topological polar surface area (TPSA) is 30.9 Å². The van der Waals surface area contributed by atoms with E-state index in [4.69, 9.17) is 5.84 Å². The fourth-order valence-corrected chi connectivity index (χ4v) is 2.27. The molecular weight excluding hydrogens is 196 g/mol. The first-order valence-corrected chi connectivity index (χ1v) is 5.58. The fraction of sp³-hybridized carbons (Fsp3) is 0.143. The summed E-state index contributed by atoms with van der Waals surface area (Å²) < 4.78 is 1.77. The molecule has 0 amide bonds. The van der Waals surface area contributed by atoms with Gasteiger partial charge in [0.2, 0.25) is 0 Å². The maximum atomic E-state index is 6.08. The minimum atomic E-state index is 1.06. The predicted octanol–water partition coefficient (Wildman–Crippen LogP) is 3.07. The Bertz CT molecular complexity index is 665. The molecule has 0 atom stereocenters. The lowest BCUT2D eigenvalue weighted by molar-refractivity contribution is 1.11. The lowest BCUT2D eigenvalue weighted by Gasteiger charge is -1.99. The molecule has 0 bridgehead atoms. The first kappa shape index (κ1) is 9.28. The number of aromatic nitrogens is 1. The molecule has 0 saturated heterocycles. The smallest absolute Gasteiger partial charge is 0.0703 e. The van der Waals surface area contributed by atoms with E-state index >= 15 is 0 Å². The average molecular weight is 210 g/mol. The Balaban J connectivity index is 2.52. The zero-order valence-electron chi connectivity index (χ0n) is 9.27. The van der Waals surface area contributed by atoms with Crippen LogP contribution in [0, 0.1) is 0 Å². The van der Waals surface area contributed by atoms with Crippen LogP contribution in [0.3, 0.4) is 0 Å². The Labute approximate surface area is 94.3 Å². The van der Waals surface area contributed by atoms with Crippen LogP contribution in [0.15, 0.2) is 42.5 Å². The van der Waals surface area contributed by atoms with E-state index in [0.29, 0.717) is 0 Å². The number of fused-ring (bicyclic) bond motifs is 3. The number of para-hydroxylation sites is 1. The summed E-state index contributed by atoms with van der Waals surface area (Å²) in [5.74, 6) is 6.08. The Morgan fingerprint density at radius 3 is 2.56 bits per heavy atom. The summed E-state index contributed by atoms with van der Waals surface area (Å²) in [6, 6.07) is 14.7.